The summed E-state index contributed by atoms with van der Waals surface area (Å²) < 4.78 is 2.09. The molecule has 2 aromatic carbocycles. The second kappa shape index (κ2) is 9.65. The Morgan fingerprint density at radius 2 is 1.74 bits per heavy atom. The fraction of sp³-hybridized carbons (Fsp3) is 0.462. The van der Waals surface area contributed by atoms with Gasteiger partial charge in [0.1, 0.15) is 5.69 Å². The molecule has 0 saturated carbocycles. The van der Waals surface area contributed by atoms with Crippen LogP contribution in [-0.4, -0.2) is 46.6 Å². The number of hydrogen-bond acceptors (Lipinski definition) is 4. The third-order valence-corrected chi connectivity index (χ3v) is 6.44. The molecule has 3 aromatic rings. The summed E-state index contributed by atoms with van der Waals surface area (Å²) in [6, 6.07) is 12.1. The minimum absolute atomic E-state index is 0.105. The molecule has 0 fully saturated rings. The highest BCUT2D eigenvalue weighted by molar-refractivity contribution is 6.27. The van der Waals surface area contributed by atoms with Gasteiger partial charge in [0.05, 0.1) is 17.6 Å². The lowest BCUT2D eigenvalue weighted by Crippen LogP contribution is -2.27. The Kier molecular flexibility index (Phi) is 6.71. The van der Waals surface area contributed by atoms with E-state index in [1.54, 1.807) is 0 Å². The van der Waals surface area contributed by atoms with Gasteiger partial charge in [0, 0.05) is 35.3 Å². The predicted octanol–water partition coefficient (Wildman–Crippen LogP) is 5.58. The molecule has 5 heteroatoms. The van der Waals surface area contributed by atoms with Gasteiger partial charge in [0.15, 0.2) is 5.78 Å². The zero-order chi connectivity index (χ0) is 21.8. The molecule has 4 rings (SSSR count). The highest BCUT2D eigenvalue weighted by atomic mass is 16.1. The molecule has 1 aromatic heterocycles. The van der Waals surface area contributed by atoms with Crippen molar-refractivity contribution in [2.24, 2.45) is 0 Å². The van der Waals surface area contributed by atoms with E-state index in [1.807, 2.05) is 24.3 Å². The summed E-state index contributed by atoms with van der Waals surface area (Å²) in [5.74, 6) is 0.105. The molecule has 0 saturated heterocycles. The molecule has 5 nitrogen and oxygen atoms in total. The lowest BCUT2D eigenvalue weighted by atomic mass is 9.86. The van der Waals surface area contributed by atoms with Crippen molar-refractivity contribution < 1.29 is 4.79 Å². The highest BCUT2D eigenvalue weighted by Crippen LogP contribution is 2.41. The van der Waals surface area contributed by atoms with Crippen molar-refractivity contribution in [3.8, 4) is 11.3 Å². The van der Waals surface area contributed by atoms with Gasteiger partial charge in [-0.2, -0.15) is 5.10 Å². The first-order valence-electron chi connectivity index (χ1n) is 11.8. The quantitative estimate of drug-likeness (QED) is 0.323. The topological polar surface area (TPSA) is 50.2 Å². The first-order chi connectivity index (χ1) is 15.2. The van der Waals surface area contributed by atoms with Gasteiger partial charge in [-0.1, -0.05) is 64.3 Å². The number of benzene rings is 2. The summed E-state index contributed by atoms with van der Waals surface area (Å²) in [6.07, 6.45) is 4.81. The van der Waals surface area contributed by atoms with Crippen molar-refractivity contribution in [1.29, 1.82) is 0 Å². The van der Waals surface area contributed by atoms with Gasteiger partial charge in [0.25, 0.3) is 0 Å². The monoisotopic (exact) mass is 418 g/mol. The predicted molar refractivity (Wildman–Crippen MR) is 129 cm³/mol. The van der Waals surface area contributed by atoms with Gasteiger partial charge in [-0.3, -0.25) is 9.48 Å². The minimum Gasteiger partial charge on any atom is -0.384 e. The normalized spacial score (nSPS) is 12.6. The number of fused-ring (bicyclic) bond motifs is 2. The van der Waals surface area contributed by atoms with Crippen LogP contribution in [0.3, 0.4) is 0 Å². The Labute approximate surface area is 185 Å². The average molecular weight is 419 g/mol. The van der Waals surface area contributed by atoms with E-state index in [2.05, 4.69) is 47.8 Å². The number of nitrogens with one attached hydrogen (secondary N) is 1. The van der Waals surface area contributed by atoms with Gasteiger partial charge >= 0.3 is 0 Å². The maximum absolute atomic E-state index is 13.5. The molecule has 0 bridgehead atoms. The molecule has 31 heavy (non-hydrogen) atoms. The molecule has 1 aliphatic carbocycles. The summed E-state index contributed by atoms with van der Waals surface area (Å²) in [5.41, 5.74) is 5.42. The van der Waals surface area contributed by atoms with E-state index < -0.39 is 0 Å². The summed E-state index contributed by atoms with van der Waals surface area (Å²) >= 11 is 0. The summed E-state index contributed by atoms with van der Waals surface area (Å²) in [6.45, 7) is 11.3. The third kappa shape index (κ3) is 4.11. The molecule has 0 amide bonds. The first-order valence-corrected chi connectivity index (χ1v) is 11.8. The second-order valence-corrected chi connectivity index (χ2v) is 8.34. The van der Waals surface area contributed by atoms with E-state index >= 15 is 0 Å². The molecule has 0 radical (unpaired) electrons. The van der Waals surface area contributed by atoms with Crippen LogP contribution in [0.1, 0.15) is 62.4 Å². The molecule has 0 atom stereocenters. The Hall–Kier alpha value is -2.66. The molecule has 1 N–H and O–H groups in total. The van der Waals surface area contributed by atoms with E-state index in [-0.39, 0.29) is 5.78 Å². The molecule has 0 aliphatic heterocycles. The third-order valence-electron chi connectivity index (χ3n) is 6.44. The van der Waals surface area contributed by atoms with Crippen LogP contribution in [0.15, 0.2) is 36.4 Å². The zero-order valence-electron chi connectivity index (χ0n) is 19.1. The van der Waals surface area contributed by atoms with Crippen LogP contribution in [0, 0.1) is 0 Å². The van der Waals surface area contributed by atoms with Crippen LogP contribution >= 0.6 is 0 Å². The number of aromatic nitrogens is 2. The van der Waals surface area contributed by atoms with Gasteiger partial charge < -0.3 is 10.2 Å². The molecule has 0 unspecified atom stereocenters. The molecular formula is C26H34N4O. The van der Waals surface area contributed by atoms with E-state index in [0.29, 0.717) is 0 Å². The minimum atomic E-state index is 0.105. The Bertz CT molecular complexity index is 1060. The maximum atomic E-state index is 13.5. The smallest absolute Gasteiger partial charge is 0.196 e. The van der Waals surface area contributed by atoms with Crippen molar-refractivity contribution in [2.75, 3.05) is 31.5 Å². The molecule has 1 heterocycles. The fourth-order valence-corrected chi connectivity index (χ4v) is 4.59. The van der Waals surface area contributed by atoms with Gasteiger partial charge in [0.2, 0.25) is 0 Å². The fourth-order valence-electron chi connectivity index (χ4n) is 4.59. The van der Waals surface area contributed by atoms with Crippen molar-refractivity contribution in [1.82, 2.24) is 14.7 Å². The number of ketones is 1. The molecule has 1 aliphatic rings. The number of hydrogen-bond donors (Lipinski definition) is 1. The largest absolute Gasteiger partial charge is 0.384 e. The number of likely N-dealkylation sites (N-methyl/N-ethyl adjacent to an activating group) is 1. The van der Waals surface area contributed by atoms with Crippen LogP contribution in [0.4, 0.5) is 5.69 Å². The number of carbonyl (C=O) groups excluding carboxylic acids is 1. The average Bonchev–Trinajstić information content (AvgIpc) is 3.17. The number of nitrogens with zero attached hydrogens (tertiary/aromatic N) is 3. The van der Waals surface area contributed by atoms with Crippen molar-refractivity contribution in [3.63, 3.8) is 0 Å². The Balaban J connectivity index is 1.74. The molecule has 164 valence electrons. The van der Waals surface area contributed by atoms with E-state index in [0.717, 1.165) is 78.1 Å². The van der Waals surface area contributed by atoms with Gasteiger partial charge in [-0.15, -0.1) is 0 Å². The van der Waals surface area contributed by atoms with Gasteiger partial charge in [-0.25, -0.2) is 0 Å². The van der Waals surface area contributed by atoms with Crippen molar-refractivity contribution in [3.05, 3.63) is 47.5 Å². The Morgan fingerprint density at radius 1 is 0.968 bits per heavy atom. The number of unbranched alkanes of at least 4 members (excludes halogenated alkanes) is 3. The zero-order valence-corrected chi connectivity index (χ0v) is 19.1. The van der Waals surface area contributed by atoms with Crippen molar-refractivity contribution in [2.45, 2.75) is 53.0 Å². The van der Waals surface area contributed by atoms with E-state index in [1.165, 1.54) is 19.3 Å². The molecular weight excluding hydrogens is 384 g/mol. The summed E-state index contributed by atoms with van der Waals surface area (Å²) in [5, 5.41) is 9.56. The lowest BCUT2D eigenvalue weighted by Gasteiger charge is -2.19. The van der Waals surface area contributed by atoms with E-state index in [4.69, 9.17) is 5.10 Å². The lowest BCUT2D eigenvalue weighted by molar-refractivity contribution is 0.104. The van der Waals surface area contributed by atoms with Crippen LogP contribution in [0.2, 0.25) is 0 Å². The van der Waals surface area contributed by atoms with Crippen LogP contribution < -0.4 is 5.32 Å². The number of rotatable bonds is 11. The van der Waals surface area contributed by atoms with Crippen LogP contribution in [0.25, 0.3) is 22.2 Å². The first kappa shape index (κ1) is 21.6. The van der Waals surface area contributed by atoms with E-state index in [9.17, 15) is 4.79 Å². The number of anilines is 1. The maximum Gasteiger partial charge on any atom is 0.196 e. The second-order valence-electron chi connectivity index (χ2n) is 8.34. The summed E-state index contributed by atoms with van der Waals surface area (Å²) in [7, 11) is 0. The van der Waals surface area contributed by atoms with Crippen LogP contribution in [0.5, 0.6) is 0 Å². The Morgan fingerprint density at radius 3 is 2.48 bits per heavy atom. The summed E-state index contributed by atoms with van der Waals surface area (Å²) in [4.78, 5) is 15.9. The highest BCUT2D eigenvalue weighted by Gasteiger charge is 2.30. The van der Waals surface area contributed by atoms with Gasteiger partial charge in [-0.05, 0) is 31.6 Å². The number of carbonyl (C=O) groups is 1. The van der Waals surface area contributed by atoms with Crippen molar-refractivity contribution >= 4 is 22.4 Å². The SMILES string of the molecule is CCCCCCNc1ccc2c3c(nn2CCN(CC)CC)-c2ccccc2C(=O)c13. The molecule has 0 spiro atoms. The standard InChI is InChI=1S/C26H34N4O/c1-4-7-8-11-16-27-21-14-15-22-24-23(21)26(31)20-13-10-9-12-19(20)25(24)28-30(22)18-17-29(5-2)6-3/h9-10,12-15,27H,4-8,11,16-18H2,1-3H3. The van der Waals surface area contributed by atoms with Crippen LogP contribution in [-0.2, 0) is 6.54 Å².